The van der Waals surface area contributed by atoms with Gasteiger partial charge >= 0.3 is 6.18 Å². The normalized spacial score (nSPS) is 11.9. The highest BCUT2D eigenvalue weighted by Crippen LogP contribution is 2.30. The fraction of sp³-hybridized carbons (Fsp3) is 0.105. The smallest absolute Gasteiger partial charge is 0.294 e. The Kier molecular flexibility index (Phi) is 4.40. The fourth-order valence-corrected chi connectivity index (χ4v) is 2.92. The highest BCUT2D eigenvalue weighted by atomic mass is 19.4. The summed E-state index contributed by atoms with van der Waals surface area (Å²) < 4.78 is 68.3. The molecule has 0 fully saturated rings. The Morgan fingerprint density at radius 2 is 1.79 bits per heavy atom. The van der Waals surface area contributed by atoms with Gasteiger partial charge in [0.1, 0.15) is 11.7 Å². The lowest BCUT2D eigenvalue weighted by molar-refractivity contribution is -0.137. The Morgan fingerprint density at radius 1 is 1.03 bits per heavy atom. The molecule has 0 unspecified atom stereocenters. The lowest BCUT2D eigenvalue weighted by Gasteiger charge is -2.10. The van der Waals surface area contributed by atoms with Gasteiger partial charge in [-0.25, -0.2) is 18.4 Å². The molecule has 10 heteroatoms. The molecule has 0 saturated carbocycles. The molecule has 29 heavy (non-hydrogen) atoms. The second-order valence-electron chi connectivity index (χ2n) is 6.23. The van der Waals surface area contributed by atoms with Gasteiger partial charge in [-0.15, -0.1) is 0 Å². The number of rotatable bonds is 3. The number of benzene rings is 2. The maximum Gasteiger partial charge on any atom is 0.416 e. The summed E-state index contributed by atoms with van der Waals surface area (Å²) in [5.74, 6) is -2.11. The van der Waals surface area contributed by atoms with Crippen molar-refractivity contribution in [3.05, 3.63) is 88.1 Å². The van der Waals surface area contributed by atoms with Crippen molar-refractivity contribution in [3.63, 3.8) is 0 Å². The van der Waals surface area contributed by atoms with Crippen LogP contribution >= 0.6 is 0 Å². The zero-order valence-electron chi connectivity index (χ0n) is 14.5. The number of aromatic nitrogens is 4. The summed E-state index contributed by atoms with van der Waals surface area (Å²) >= 11 is 0. The first-order valence-corrected chi connectivity index (χ1v) is 8.29. The molecule has 0 spiro atoms. The van der Waals surface area contributed by atoms with Crippen LogP contribution in [0, 0.1) is 11.6 Å². The van der Waals surface area contributed by atoms with Crippen molar-refractivity contribution in [2.24, 2.45) is 0 Å². The molecule has 4 aromatic rings. The lowest BCUT2D eigenvalue weighted by Crippen LogP contribution is -2.21. The van der Waals surface area contributed by atoms with Gasteiger partial charge in [0.2, 0.25) is 0 Å². The van der Waals surface area contributed by atoms with E-state index in [2.05, 4.69) is 10.1 Å². The predicted molar refractivity (Wildman–Crippen MR) is 93.6 cm³/mol. The van der Waals surface area contributed by atoms with Crippen LogP contribution in [-0.4, -0.2) is 19.3 Å². The minimum atomic E-state index is -4.53. The lowest BCUT2D eigenvalue weighted by atomic mass is 10.2. The van der Waals surface area contributed by atoms with Crippen LogP contribution in [0.15, 0.2) is 59.8 Å². The molecular formula is C19H11F5N4O. The van der Waals surface area contributed by atoms with Crippen LogP contribution < -0.4 is 5.56 Å². The van der Waals surface area contributed by atoms with Gasteiger partial charge in [0.25, 0.3) is 5.56 Å². The van der Waals surface area contributed by atoms with E-state index in [0.29, 0.717) is 0 Å². The van der Waals surface area contributed by atoms with Gasteiger partial charge < -0.3 is 0 Å². The van der Waals surface area contributed by atoms with Crippen molar-refractivity contribution in [3.8, 4) is 5.69 Å². The quantitative estimate of drug-likeness (QED) is 0.485. The number of hydrogen-bond acceptors (Lipinski definition) is 3. The maximum absolute atomic E-state index is 13.9. The number of fused-ring (bicyclic) bond motifs is 1. The van der Waals surface area contributed by atoms with Gasteiger partial charge in [-0.2, -0.15) is 18.3 Å². The first-order valence-electron chi connectivity index (χ1n) is 8.29. The number of hydrogen-bond donors (Lipinski definition) is 0. The van der Waals surface area contributed by atoms with Crippen molar-refractivity contribution < 1.29 is 22.0 Å². The van der Waals surface area contributed by atoms with Gasteiger partial charge in [-0.1, -0.05) is 18.2 Å². The Bertz CT molecular complexity index is 1280. The van der Waals surface area contributed by atoms with Crippen LogP contribution in [0.3, 0.4) is 0 Å². The third kappa shape index (κ3) is 3.37. The van der Waals surface area contributed by atoms with E-state index in [4.69, 9.17) is 0 Å². The highest BCUT2D eigenvalue weighted by molar-refractivity contribution is 5.75. The molecule has 0 aliphatic rings. The summed E-state index contributed by atoms with van der Waals surface area (Å²) in [6.07, 6.45) is -2.25. The second kappa shape index (κ2) is 6.80. The SMILES string of the molecule is O=c1c2cnn(-c3cccc(C(F)(F)F)c3)c2ncn1Cc1cccc(F)c1F. The topological polar surface area (TPSA) is 52.7 Å². The van der Waals surface area contributed by atoms with Gasteiger partial charge in [-0.05, 0) is 24.3 Å². The van der Waals surface area contributed by atoms with Crippen LogP contribution in [-0.2, 0) is 12.7 Å². The van der Waals surface area contributed by atoms with Crippen molar-refractivity contribution >= 4 is 11.0 Å². The van der Waals surface area contributed by atoms with Crippen LogP contribution in [0.2, 0.25) is 0 Å². The van der Waals surface area contributed by atoms with Crippen molar-refractivity contribution in [1.82, 2.24) is 19.3 Å². The molecular weight excluding hydrogens is 395 g/mol. The van der Waals surface area contributed by atoms with E-state index in [1.807, 2.05) is 0 Å². The number of nitrogens with zero attached hydrogens (tertiary/aromatic N) is 4. The van der Waals surface area contributed by atoms with Gasteiger partial charge in [0.05, 0.1) is 24.0 Å². The first kappa shape index (κ1) is 18.8. The summed E-state index contributed by atoms with van der Waals surface area (Å²) in [4.78, 5) is 16.8. The van der Waals surface area contributed by atoms with E-state index in [1.54, 1.807) is 0 Å². The van der Waals surface area contributed by atoms with Crippen LogP contribution in [0.1, 0.15) is 11.1 Å². The third-order valence-electron chi connectivity index (χ3n) is 4.34. The molecule has 0 aliphatic heterocycles. The number of alkyl halides is 3. The molecule has 4 rings (SSSR count). The summed E-state index contributed by atoms with van der Waals surface area (Å²) in [6.45, 7) is -0.264. The molecule has 0 amide bonds. The minimum absolute atomic E-state index is 0.0294. The van der Waals surface area contributed by atoms with E-state index < -0.39 is 28.9 Å². The van der Waals surface area contributed by atoms with Crippen LogP contribution in [0.25, 0.3) is 16.7 Å². The third-order valence-corrected chi connectivity index (χ3v) is 4.34. The van der Waals surface area contributed by atoms with E-state index in [-0.39, 0.29) is 28.8 Å². The molecule has 2 aromatic carbocycles. The Balaban J connectivity index is 1.77. The standard InChI is InChI=1S/C19H11F5N4O/c20-15-6-1-3-11(16(15)21)9-27-10-25-17-14(18(27)29)8-26-28(17)13-5-2-4-12(7-13)19(22,23)24/h1-8,10H,9H2. The summed E-state index contributed by atoms with van der Waals surface area (Å²) in [7, 11) is 0. The van der Waals surface area contributed by atoms with E-state index in [9.17, 15) is 26.7 Å². The summed E-state index contributed by atoms with van der Waals surface area (Å²) in [5, 5.41) is 4.00. The Labute approximate surface area is 159 Å². The average Bonchev–Trinajstić information content (AvgIpc) is 3.12. The fourth-order valence-electron chi connectivity index (χ4n) is 2.92. The van der Waals surface area contributed by atoms with E-state index >= 15 is 0 Å². The molecule has 0 N–H and O–H groups in total. The summed E-state index contributed by atoms with van der Waals surface area (Å²) in [5.41, 5.74) is -1.37. The number of halogens is 5. The molecule has 0 saturated heterocycles. The van der Waals surface area contributed by atoms with Crippen molar-refractivity contribution in [1.29, 1.82) is 0 Å². The molecule has 0 atom stereocenters. The zero-order valence-corrected chi connectivity index (χ0v) is 14.5. The molecule has 0 bridgehead atoms. The zero-order chi connectivity index (χ0) is 20.8. The molecule has 2 aromatic heterocycles. The molecule has 0 aliphatic carbocycles. The summed E-state index contributed by atoms with van der Waals surface area (Å²) in [6, 6.07) is 8.04. The van der Waals surface area contributed by atoms with Crippen molar-refractivity contribution in [2.75, 3.05) is 0 Å². The monoisotopic (exact) mass is 406 g/mol. The van der Waals surface area contributed by atoms with Crippen molar-refractivity contribution in [2.45, 2.75) is 12.7 Å². The van der Waals surface area contributed by atoms with E-state index in [0.717, 1.165) is 33.8 Å². The maximum atomic E-state index is 13.9. The molecule has 148 valence electrons. The second-order valence-corrected chi connectivity index (χ2v) is 6.23. The Hall–Kier alpha value is -3.56. The average molecular weight is 406 g/mol. The highest BCUT2D eigenvalue weighted by Gasteiger charge is 2.30. The van der Waals surface area contributed by atoms with Crippen LogP contribution in [0.5, 0.6) is 0 Å². The van der Waals surface area contributed by atoms with Gasteiger partial charge in [0, 0.05) is 5.56 Å². The predicted octanol–water partition coefficient (Wildman–Crippen LogP) is 3.93. The molecule has 2 heterocycles. The minimum Gasteiger partial charge on any atom is -0.294 e. The Morgan fingerprint density at radius 3 is 2.55 bits per heavy atom. The van der Waals surface area contributed by atoms with Crippen LogP contribution in [0.4, 0.5) is 22.0 Å². The van der Waals surface area contributed by atoms with Gasteiger partial charge in [-0.3, -0.25) is 9.36 Å². The first-order chi connectivity index (χ1) is 13.8. The van der Waals surface area contributed by atoms with Gasteiger partial charge in [0.15, 0.2) is 17.3 Å². The largest absolute Gasteiger partial charge is 0.416 e. The molecule has 0 radical (unpaired) electrons. The molecule has 5 nitrogen and oxygen atoms in total. The van der Waals surface area contributed by atoms with E-state index in [1.165, 1.54) is 30.5 Å².